The molecule has 0 aliphatic carbocycles. The number of carbonyl (C=O) groups excluding carboxylic acids is 2. The van der Waals surface area contributed by atoms with Crippen molar-refractivity contribution in [1.82, 2.24) is 10.2 Å². The molecule has 5 heteroatoms. The van der Waals surface area contributed by atoms with Crippen LogP contribution in [0.15, 0.2) is 72.8 Å². The van der Waals surface area contributed by atoms with Gasteiger partial charge in [0.25, 0.3) is 0 Å². The highest BCUT2D eigenvalue weighted by Crippen LogP contribution is 2.20. The first-order chi connectivity index (χ1) is 16.7. The van der Waals surface area contributed by atoms with Gasteiger partial charge in [0.15, 0.2) is 0 Å². The standard InChI is InChI=1S/C30H35FN2O2/c1-21(2)19-32-30(35)28(17-24-10-6-5-7-11-24)33(20-25-12-8-9-13-27(25)31)29(34)18-26-16-22(3)14-15-23(26)4/h5-16,21,28H,17-20H2,1-4H3,(H,32,35). The molecule has 4 nitrogen and oxygen atoms in total. The van der Waals surface area contributed by atoms with Gasteiger partial charge in [0.2, 0.25) is 11.8 Å². The molecule has 0 heterocycles. The molecule has 0 aromatic heterocycles. The Morgan fingerprint density at radius 2 is 1.60 bits per heavy atom. The third-order valence-corrected chi connectivity index (χ3v) is 6.10. The van der Waals surface area contributed by atoms with Crippen LogP contribution in [0.25, 0.3) is 0 Å². The van der Waals surface area contributed by atoms with Gasteiger partial charge in [-0.1, -0.05) is 86.1 Å². The van der Waals surface area contributed by atoms with Crippen molar-refractivity contribution < 1.29 is 14.0 Å². The minimum absolute atomic E-state index is 0.0168. The molecule has 1 atom stereocenters. The van der Waals surface area contributed by atoms with Crippen LogP contribution < -0.4 is 5.32 Å². The zero-order valence-electron chi connectivity index (χ0n) is 21.1. The minimum Gasteiger partial charge on any atom is -0.354 e. The van der Waals surface area contributed by atoms with Gasteiger partial charge in [-0.3, -0.25) is 9.59 Å². The Balaban J connectivity index is 2.00. The van der Waals surface area contributed by atoms with E-state index >= 15 is 0 Å². The summed E-state index contributed by atoms with van der Waals surface area (Å²) in [6.45, 7) is 8.53. The fourth-order valence-electron chi connectivity index (χ4n) is 4.04. The third kappa shape index (κ3) is 7.51. The van der Waals surface area contributed by atoms with Crippen molar-refractivity contribution in [3.05, 3.63) is 106 Å². The van der Waals surface area contributed by atoms with Crippen molar-refractivity contribution in [2.24, 2.45) is 5.92 Å². The van der Waals surface area contributed by atoms with Crippen LogP contribution in [0.1, 0.15) is 41.7 Å². The van der Waals surface area contributed by atoms with E-state index in [0.29, 0.717) is 18.5 Å². The molecule has 0 saturated heterocycles. The average Bonchev–Trinajstić information content (AvgIpc) is 2.83. The second-order valence-electron chi connectivity index (χ2n) is 9.56. The summed E-state index contributed by atoms with van der Waals surface area (Å²) in [5.41, 5.74) is 4.31. The summed E-state index contributed by atoms with van der Waals surface area (Å²) < 4.78 is 14.7. The van der Waals surface area contributed by atoms with Crippen molar-refractivity contribution >= 4 is 11.8 Å². The molecule has 0 fully saturated rings. The zero-order chi connectivity index (χ0) is 25.4. The molecule has 0 radical (unpaired) electrons. The lowest BCUT2D eigenvalue weighted by Gasteiger charge is -2.32. The first-order valence-electron chi connectivity index (χ1n) is 12.1. The highest BCUT2D eigenvalue weighted by molar-refractivity contribution is 5.89. The molecule has 35 heavy (non-hydrogen) atoms. The van der Waals surface area contributed by atoms with Crippen LogP contribution in [0.2, 0.25) is 0 Å². The van der Waals surface area contributed by atoms with E-state index in [0.717, 1.165) is 22.3 Å². The molecule has 2 amide bonds. The lowest BCUT2D eigenvalue weighted by Crippen LogP contribution is -2.51. The van der Waals surface area contributed by atoms with E-state index < -0.39 is 11.9 Å². The maximum atomic E-state index is 14.7. The van der Waals surface area contributed by atoms with Crippen LogP contribution >= 0.6 is 0 Å². The molecule has 1 N–H and O–H groups in total. The van der Waals surface area contributed by atoms with Gasteiger partial charge < -0.3 is 10.2 Å². The van der Waals surface area contributed by atoms with Gasteiger partial charge in [0, 0.05) is 25.1 Å². The molecule has 0 aliphatic rings. The second kappa shape index (κ2) is 12.3. The lowest BCUT2D eigenvalue weighted by molar-refractivity contribution is -0.140. The number of hydrogen-bond donors (Lipinski definition) is 1. The zero-order valence-corrected chi connectivity index (χ0v) is 21.1. The highest BCUT2D eigenvalue weighted by Gasteiger charge is 2.31. The van der Waals surface area contributed by atoms with Gasteiger partial charge in [0.1, 0.15) is 11.9 Å². The summed E-state index contributed by atoms with van der Waals surface area (Å²) in [6, 6.07) is 21.3. The molecule has 184 valence electrons. The van der Waals surface area contributed by atoms with Crippen LogP contribution in [-0.2, 0) is 29.0 Å². The number of rotatable bonds is 10. The molecule has 0 aliphatic heterocycles. The predicted octanol–water partition coefficient (Wildman–Crippen LogP) is 5.40. The fraction of sp³-hybridized carbons (Fsp3) is 0.333. The average molecular weight is 475 g/mol. The molecule has 1 unspecified atom stereocenters. The first kappa shape index (κ1) is 26.1. The number of halogens is 1. The molecule has 3 aromatic rings. The summed E-state index contributed by atoms with van der Waals surface area (Å²) in [5, 5.41) is 3.00. The van der Waals surface area contributed by atoms with E-state index in [9.17, 15) is 14.0 Å². The van der Waals surface area contributed by atoms with Crippen LogP contribution in [0.4, 0.5) is 4.39 Å². The number of aryl methyl sites for hydroxylation is 2. The first-order valence-corrected chi connectivity index (χ1v) is 12.1. The van der Waals surface area contributed by atoms with Gasteiger partial charge in [0.05, 0.1) is 6.42 Å². The molecular formula is C30H35FN2O2. The molecule has 0 spiro atoms. The van der Waals surface area contributed by atoms with E-state index in [1.54, 1.807) is 23.1 Å². The molecular weight excluding hydrogens is 439 g/mol. The summed E-state index contributed by atoms with van der Waals surface area (Å²) in [5.74, 6) is -0.559. The maximum absolute atomic E-state index is 14.7. The van der Waals surface area contributed by atoms with E-state index in [1.807, 2.05) is 76.2 Å². The largest absolute Gasteiger partial charge is 0.354 e. The minimum atomic E-state index is -0.770. The van der Waals surface area contributed by atoms with Gasteiger partial charge in [-0.15, -0.1) is 0 Å². The van der Waals surface area contributed by atoms with Crippen LogP contribution in [0.5, 0.6) is 0 Å². The normalized spacial score (nSPS) is 11.8. The number of benzene rings is 3. The summed E-state index contributed by atoms with van der Waals surface area (Å²) >= 11 is 0. The molecule has 0 saturated carbocycles. The predicted molar refractivity (Wildman–Crippen MR) is 138 cm³/mol. The monoisotopic (exact) mass is 474 g/mol. The van der Waals surface area contributed by atoms with Gasteiger partial charge in [-0.05, 0) is 42.5 Å². The van der Waals surface area contributed by atoms with Crippen molar-refractivity contribution in [3.8, 4) is 0 Å². The van der Waals surface area contributed by atoms with E-state index in [4.69, 9.17) is 0 Å². The quantitative estimate of drug-likeness (QED) is 0.428. The number of nitrogens with one attached hydrogen (secondary N) is 1. The van der Waals surface area contributed by atoms with Crippen LogP contribution in [0, 0.1) is 25.6 Å². The summed E-state index contributed by atoms with van der Waals surface area (Å²) in [6.07, 6.45) is 0.489. The van der Waals surface area contributed by atoms with E-state index in [1.165, 1.54) is 6.07 Å². The Morgan fingerprint density at radius 1 is 0.914 bits per heavy atom. The topological polar surface area (TPSA) is 49.4 Å². The number of amides is 2. The van der Waals surface area contributed by atoms with E-state index in [-0.39, 0.29) is 30.7 Å². The van der Waals surface area contributed by atoms with Gasteiger partial charge in [-0.25, -0.2) is 4.39 Å². The van der Waals surface area contributed by atoms with Crippen molar-refractivity contribution in [1.29, 1.82) is 0 Å². The Labute approximate surface area is 208 Å². The van der Waals surface area contributed by atoms with Crippen LogP contribution in [-0.4, -0.2) is 29.3 Å². The molecule has 3 rings (SSSR count). The van der Waals surface area contributed by atoms with Crippen LogP contribution in [0.3, 0.4) is 0 Å². The lowest BCUT2D eigenvalue weighted by atomic mass is 9.99. The maximum Gasteiger partial charge on any atom is 0.243 e. The van der Waals surface area contributed by atoms with Crippen molar-refractivity contribution in [2.75, 3.05) is 6.54 Å². The van der Waals surface area contributed by atoms with E-state index in [2.05, 4.69) is 5.32 Å². The number of hydrogen-bond acceptors (Lipinski definition) is 2. The summed E-state index contributed by atoms with van der Waals surface area (Å²) in [4.78, 5) is 28.8. The Morgan fingerprint density at radius 3 is 2.29 bits per heavy atom. The Hall–Kier alpha value is -3.47. The Kier molecular flexibility index (Phi) is 9.18. The van der Waals surface area contributed by atoms with Crippen molar-refractivity contribution in [2.45, 2.75) is 53.1 Å². The molecule has 0 bridgehead atoms. The van der Waals surface area contributed by atoms with Crippen molar-refractivity contribution in [3.63, 3.8) is 0 Å². The van der Waals surface area contributed by atoms with Gasteiger partial charge in [-0.2, -0.15) is 0 Å². The third-order valence-electron chi connectivity index (χ3n) is 6.10. The summed E-state index contributed by atoms with van der Waals surface area (Å²) in [7, 11) is 0. The SMILES string of the molecule is Cc1ccc(C)c(CC(=O)N(Cc2ccccc2F)C(Cc2ccccc2)C(=O)NCC(C)C)c1. The molecule has 3 aromatic carbocycles. The number of nitrogens with zero attached hydrogens (tertiary/aromatic N) is 1. The smallest absolute Gasteiger partial charge is 0.243 e. The number of carbonyl (C=O) groups is 2. The van der Waals surface area contributed by atoms with Gasteiger partial charge >= 0.3 is 0 Å². The fourth-order valence-corrected chi connectivity index (χ4v) is 4.04. The highest BCUT2D eigenvalue weighted by atomic mass is 19.1. The second-order valence-corrected chi connectivity index (χ2v) is 9.56. The Bertz CT molecular complexity index is 1140.